The van der Waals surface area contributed by atoms with E-state index in [4.69, 9.17) is 33.0 Å². The largest absolute Gasteiger partial charge is 1.00 e. The molecule has 2 aliphatic carbocycles. The Hall–Kier alpha value is 0.116. The van der Waals surface area contributed by atoms with Gasteiger partial charge in [-0.3, -0.25) is 4.79 Å². The van der Waals surface area contributed by atoms with Gasteiger partial charge in [-0.1, -0.05) is 36.5 Å². The number of fused-ring (bicyclic) bond motifs is 3. The maximum atomic E-state index is 12.0. The molecule has 1 unspecified atom stereocenters. The number of ketones is 1. The summed E-state index contributed by atoms with van der Waals surface area (Å²) in [5.41, 5.74) is 2.70. The first-order chi connectivity index (χ1) is 11.4. The molecule has 0 heterocycles. The van der Waals surface area contributed by atoms with Gasteiger partial charge in [0.25, 0.3) is 0 Å². The summed E-state index contributed by atoms with van der Waals surface area (Å²) >= 11 is 12.8. The SMILES string of the molecule is CCCC12CCC(=O)C=C1c1c(cc(OCC(=O)O)c(Cl)c1Cl)C2.[H-].[K+]. The zero-order valence-corrected chi connectivity index (χ0v) is 19.0. The number of carbonyl (C=O) groups is 2. The predicted octanol–water partition coefficient (Wildman–Crippen LogP) is 1.66. The second-order valence-electron chi connectivity index (χ2n) is 6.45. The number of hydrogen-bond donors (Lipinski definition) is 1. The first kappa shape index (κ1) is 21.4. The quantitative estimate of drug-likeness (QED) is 0.752. The van der Waals surface area contributed by atoms with Crippen molar-refractivity contribution >= 4 is 40.5 Å². The Morgan fingerprint density at radius 2 is 2.12 bits per heavy atom. The number of halogens is 2. The molecular formula is C18H19Cl2KO4. The number of ether oxygens (including phenoxy) is 1. The van der Waals surface area contributed by atoms with Crippen LogP contribution in [-0.2, 0) is 16.0 Å². The molecule has 1 N–H and O–H groups in total. The van der Waals surface area contributed by atoms with Gasteiger partial charge < -0.3 is 11.3 Å². The minimum absolute atomic E-state index is 0. The summed E-state index contributed by atoms with van der Waals surface area (Å²) in [4.78, 5) is 22.7. The van der Waals surface area contributed by atoms with Gasteiger partial charge in [-0.15, -0.1) is 0 Å². The normalized spacial score (nSPS) is 21.1. The van der Waals surface area contributed by atoms with E-state index in [2.05, 4.69) is 6.92 Å². The maximum Gasteiger partial charge on any atom is 1.00 e. The van der Waals surface area contributed by atoms with Gasteiger partial charge >= 0.3 is 57.4 Å². The molecular weight excluding hydrogens is 390 g/mol. The van der Waals surface area contributed by atoms with Crippen molar-refractivity contribution in [2.45, 2.75) is 39.0 Å². The molecule has 1 aromatic carbocycles. The van der Waals surface area contributed by atoms with Gasteiger partial charge in [0.05, 0.1) is 5.02 Å². The third-order valence-electron chi connectivity index (χ3n) is 4.86. The third-order valence-corrected chi connectivity index (χ3v) is 5.71. The van der Waals surface area contributed by atoms with E-state index in [1.165, 1.54) is 0 Å². The Morgan fingerprint density at radius 1 is 1.40 bits per heavy atom. The number of allylic oxidation sites excluding steroid dienone is 2. The monoisotopic (exact) mass is 408 g/mol. The van der Waals surface area contributed by atoms with E-state index in [9.17, 15) is 9.59 Å². The van der Waals surface area contributed by atoms with Crippen LogP contribution in [0, 0.1) is 5.41 Å². The topological polar surface area (TPSA) is 63.6 Å². The van der Waals surface area contributed by atoms with Crippen molar-refractivity contribution in [3.63, 3.8) is 0 Å². The molecule has 1 atom stereocenters. The summed E-state index contributed by atoms with van der Waals surface area (Å²) in [6.45, 7) is 1.65. The van der Waals surface area contributed by atoms with Crippen molar-refractivity contribution < 1.29 is 72.2 Å². The van der Waals surface area contributed by atoms with Crippen LogP contribution in [0.3, 0.4) is 0 Å². The summed E-state index contributed by atoms with van der Waals surface area (Å²) in [7, 11) is 0. The molecule has 25 heavy (non-hydrogen) atoms. The van der Waals surface area contributed by atoms with E-state index in [-0.39, 0.29) is 74.8 Å². The Labute approximate surface area is 200 Å². The van der Waals surface area contributed by atoms with Crippen molar-refractivity contribution in [3.05, 3.63) is 33.3 Å². The zero-order chi connectivity index (χ0) is 17.5. The molecule has 130 valence electrons. The van der Waals surface area contributed by atoms with E-state index in [0.29, 0.717) is 11.4 Å². The summed E-state index contributed by atoms with van der Waals surface area (Å²) in [5.74, 6) is -0.685. The van der Waals surface area contributed by atoms with Crippen LogP contribution in [0.1, 0.15) is 45.2 Å². The van der Waals surface area contributed by atoms with Crippen LogP contribution in [-0.4, -0.2) is 23.5 Å². The third kappa shape index (κ3) is 4.03. The van der Waals surface area contributed by atoms with Crippen LogP contribution in [0.15, 0.2) is 12.1 Å². The average Bonchev–Trinajstić information content (AvgIpc) is 2.83. The Bertz CT molecular complexity index is 766. The molecule has 0 spiro atoms. The fourth-order valence-corrected chi connectivity index (χ4v) is 4.44. The molecule has 0 radical (unpaired) electrons. The van der Waals surface area contributed by atoms with Crippen molar-refractivity contribution in [2.24, 2.45) is 5.41 Å². The summed E-state index contributed by atoms with van der Waals surface area (Å²) in [6.07, 6.45) is 5.82. The molecule has 4 nitrogen and oxygen atoms in total. The van der Waals surface area contributed by atoms with Gasteiger partial charge in [0.15, 0.2) is 12.4 Å². The molecule has 0 bridgehead atoms. The van der Waals surface area contributed by atoms with Crippen molar-refractivity contribution in [1.29, 1.82) is 0 Å². The van der Waals surface area contributed by atoms with Crippen molar-refractivity contribution in [3.8, 4) is 5.75 Å². The number of benzene rings is 1. The molecule has 2 aliphatic rings. The first-order valence-electron chi connectivity index (χ1n) is 7.99. The van der Waals surface area contributed by atoms with Crippen LogP contribution in [0.2, 0.25) is 10.0 Å². The molecule has 0 fully saturated rings. The maximum absolute atomic E-state index is 12.0. The van der Waals surface area contributed by atoms with Crippen molar-refractivity contribution in [2.75, 3.05) is 6.61 Å². The standard InChI is InChI=1S/C18H18Cl2O4.K.H/c1-2-4-18-5-3-11(21)7-12(18)15-10(8-18)6-13(16(19)17(15)20)24-9-14(22)23;;/h6-7H,2-5,8-9H2,1H3,(H,22,23);;/q;+1;-1. The smallest absolute Gasteiger partial charge is 1.00 e. The van der Waals surface area contributed by atoms with Gasteiger partial charge in [-0.2, -0.15) is 0 Å². The number of carbonyl (C=O) groups excluding carboxylic acids is 1. The van der Waals surface area contributed by atoms with Gasteiger partial charge in [-0.25, -0.2) is 4.79 Å². The Balaban J connectivity index is 0.00000169. The molecule has 7 heteroatoms. The molecule has 0 aromatic heterocycles. The van der Waals surface area contributed by atoms with Gasteiger partial charge in [-0.05, 0) is 42.5 Å². The number of hydrogen-bond acceptors (Lipinski definition) is 3. The minimum Gasteiger partial charge on any atom is -1.00 e. The van der Waals surface area contributed by atoms with Crippen molar-refractivity contribution in [1.82, 2.24) is 0 Å². The predicted molar refractivity (Wildman–Crippen MR) is 94.0 cm³/mol. The van der Waals surface area contributed by atoms with Gasteiger partial charge in [0.2, 0.25) is 0 Å². The van der Waals surface area contributed by atoms with E-state index in [0.717, 1.165) is 42.4 Å². The minimum atomic E-state index is -1.08. The van der Waals surface area contributed by atoms with E-state index in [1.54, 1.807) is 12.1 Å². The summed E-state index contributed by atoms with van der Waals surface area (Å²) in [6, 6.07) is 1.77. The number of carboxylic acids is 1. The van der Waals surface area contributed by atoms with Crippen LogP contribution in [0.25, 0.3) is 5.57 Å². The van der Waals surface area contributed by atoms with E-state index in [1.807, 2.05) is 0 Å². The fourth-order valence-electron chi connectivity index (χ4n) is 3.92. The molecule has 0 aliphatic heterocycles. The first-order valence-corrected chi connectivity index (χ1v) is 8.74. The van der Waals surface area contributed by atoms with E-state index >= 15 is 0 Å². The zero-order valence-electron chi connectivity index (χ0n) is 15.3. The van der Waals surface area contributed by atoms with Crippen LogP contribution in [0.5, 0.6) is 5.75 Å². The molecule has 1 aromatic rings. The van der Waals surface area contributed by atoms with Gasteiger partial charge in [0.1, 0.15) is 10.8 Å². The van der Waals surface area contributed by atoms with Gasteiger partial charge in [0, 0.05) is 17.4 Å². The van der Waals surface area contributed by atoms with Crippen LogP contribution < -0.4 is 56.1 Å². The van der Waals surface area contributed by atoms with E-state index < -0.39 is 12.6 Å². The Kier molecular flexibility index (Phi) is 7.22. The summed E-state index contributed by atoms with van der Waals surface area (Å²) < 4.78 is 5.27. The van der Waals surface area contributed by atoms with Crippen LogP contribution >= 0.6 is 23.2 Å². The molecule has 0 amide bonds. The number of rotatable bonds is 5. The number of carboxylic acid groups (broad SMARTS) is 1. The summed E-state index contributed by atoms with van der Waals surface area (Å²) in [5, 5.41) is 9.33. The average molecular weight is 409 g/mol. The fraction of sp³-hybridized carbons (Fsp3) is 0.444. The Morgan fingerprint density at radius 3 is 2.76 bits per heavy atom. The molecule has 0 saturated heterocycles. The second kappa shape index (κ2) is 8.42. The number of aliphatic carboxylic acids is 1. The second-order valence-corrected chi connectivity index (χ2v) is 7.21. The molecule has 0 saturated carbocycles. The molecule has 3 rings (SSSR count). The van der Waals surface area contributed by atoms with Crippen LogP contribution in [0.4, 0.5) is 0 Å².